The molecule has 0 radical (unpaired) electrons. The largest absolute Gasteiger partial charge is 0.479 e. The molecular formula is C14H18FN3O3. The van der Waals surface area contributed by atoms with Gasteiger partial charge in [-0.15, -0.1) is 0 Å². The van der Waals surface area contributed by atoms with Crippen LogP contribution in [-0.2, 0) is 4.79 Å². The second-order valence-electron chi connectivity index (χ2n) is 5.85. The third-order valence-corrected chi connectivity index (χ3v) is 4.45. The van der Waals surface area contributed by atoms with Crippen molar-refractivity contribution >= 4 is 11.9 Å². The molecule has 1 saturated carbocycles. The van der Waals surface area contributed by atoms with Crippen molar-refractivity contribution in [1.82, 2.24) is 14.7 Å². The maximum absolute atomic E-state index is 14.1. The van der Waals surface area contributed by atoms with Crippen LogP contribution in [0.3, 0.4) is 0 Å². The van der Waals surface area contributed by atoms with E-state index in [9.17, 15) is 14.0 Å². The maximum Gasteiger partial charge on any atom is 0.343 e. The van der Waals surface area contributed by atoms with E-state index in [1.807, 2.05) is 0 Å². The van der Waals surface area contributed by atoms with Crippen LogP contribution in [0.2, 0.25) is 0 Å². The SMILES string of the molecule is O=C(c1ccnn1C1CCCC1)N1CCC(F)(C(=O)O)C1. The van der Waals surface area contributed by atoms with Gasteiger partial charge in [0.15, 0.2) is 0 Å². The third kappa shape index (κ3) is 2.41. The minimum Gasteiger partial charge on any atom is -0.479 e. The van der Waals surface area contributed by atoms with Crippen LogP contribution in [-0.4, -0.2) is 50.4 Å². The molecule has 2 fully saturated rings. The summed E-state index contributed by atoms with van der Waals surface area (Å²) in [6.07, 6.45) is 5.63. The molecule has 6 nitrogen and oxygen atoms in total. The van der Waals surface area contributed by atoms with Crippen LogP contribution in [0, 0.1) is 0 Å². The van der Waals surface area contributed by atoms with Gasteiger partial charge in [-0.2, -0.15) is 5.10 Å². The van der Waals surface area contributed by atoms with Gasteiger partial charge in [0.05, 0.1) is 12.6 Å². The highest BCUT2D eigenvalue weighted by Crippen LogP contribution is 2.31. The van der Waals surface area contributed by atoms with Crippen molar-refractivity contribution in [2.45, 2.75) is 43.8 Å². The van der Waals surface area contributed by atoms with Crippen molar-refractivity contribution in [3.8, 4) is 0 Å². The Morgan fingerprint density at radius 3 is 2.71 bits per heavy atom. The van der Waals surface area contributed by atoms with Gasteiger partial charge >= 0.3 is 5.97 Å². The fourth-order valence-electron chi connectivity index (χ4n) is 3.21. The first kappa shape index (κ1) is 14.0. The Balaban J connectivity index is 1.78. The van der Waals surface area contributed by atoms with Crippen molar-refractivity contribution < 1.29 is 19.1 Å². The summed E-state index contributed by atoms with van der Waals surface area (Å²) in [6.45, 7) is -0.269. The predicted octanol–water partition coefficient (Wildman–Crippen LogP) is 1.64. The molecule has 21 heavy (non-hydrogen) atoms. The van der Waals surface area contributed by atoms with Gasteiger partial charge in [0.2, 0.25) is 5.67 Å². The number of aromatic nitrogens is 2. The first-order chi connectivity index (χ1) is 10.0. The highest BCUT2D eigenvalue weighted by Gasteiger charge is 2.47. The second kappa shape index (κ2) is 5.13. The summed E-state index contributed by atoms with van der Waals surface area (Å²) >= 11 is 0. The molecule has 114 valence electrons. The number of carbonyl (C=O) groups is 2. The molecule has 0 spiro atoms. The molecule has 1 atom stereocenters. The molecule has 3 rings (SSSR count). The lowest BCUT2D eigenvalue weighted by Crippen LogP contribution is -2.39. The average molecular weight is 295 g/mol. The van der Waals surface area contributed by atoms with Crippen molar-refractivity contribution in [2.75, 3.05) is 13.1 Å². The van der Waals surface area contributed by atoms with Crippen molar-refractivity contribution in [2.24, 2.45) is 0 Å². The number of alkyl halides is 1. The van der Waals surface area contributed by atoms with Crippen LogP contribution >= 0.6 is 0 Å². The normalized spacial score (nSPS) is 26.4. The lowest BCUT2D eigenvalue weighted by Gasteiger charge is -2.20. The Morgan fingerprint density at radius 2 is 2.10 bits per heavy atom. The Kier molecular flexibility index (Phi) is 3.43. The second-order valence-corrected chi connectivity index (χ2v) is 5.85. The summed E-state index contributed by atoms with van der Waals surface area (Å²) in [7, 11) is 0. The Morgan fingerprint density at radius 1 is 1.38 bits per heavy atom. The summed E-state index contributed by atoms with van der Waals surface area (Å²) in [5, 5.41) is 13.1. The summed E-state index contributed by atoms with van der Waals surface area (Å²) in [6, 6.07) is 1.84. The van der Waals surface area contributed by atoms with Gasteiger partial charge in [-0.05, 0) is 18.9 Å². The zero-order chi connectivity index (χ0) is 15.0. The molecule has 1 aromatic rings. The molecule has 1 aliphatic heterocycles. The predicted molar refractivity (Wildman–Crippen MR) is 71.7 cm³/mol. The van der Waals surface area contributed by atoms with Gasteiger partial charge in [-0.25, -0.2) is 9.18 Å². The van der Waals surface area contributed by atoms with Crippen LogP contribution in [0.1, 0.15) is 48.6 Å². The molecule has 1 aromatic heterocycles. The van der Waals surface area contributed by atoms with Gasteiger partial charge in [0.1, 0.15) is 5.69 Å². The zero-order valence-corrected chi connectivity index (χ0v) is 11.7. The molecular weight excluding hydrogens is 277 g/mol. The van der Waals surface area contributed by atoms with Crippen LogP contribution in [0.4, 0.5) is 4.39 Å². The molecule has 1 aliphatic carbocycles. The lowest BCUT2D eigenvalue weighted by molar-refractivity contribution is -0.149. The number of carboxylic acid groups (broad SMARTS) is 1. The van der Waals surface area contributed by atoms with Gasteiger partial charge in [-0.1, -0.05) is 12.8 Å². The summed E-state index contributed by atoms with van der Waals surface area (Å²) in [5.74, 6) is -1.83. The Bertz CT molecular complexity index is 568. The molecule has 0 bridgehead atoms. The number of halogens is 1. The number of carbonyl (C=O) groups excluding carboxylic acids is 1. The van der Waals surface area contributed by atoms with Crippen molar-refractivity contribution in [1.29, 1.82) is 0 Å². The molecule has 1 unspecified atom stereocenters. The van der Waals surface area contributed by atoms with E-state index in [1.54, 1.807) is 16.9 Å². The van der Waals surface area contributed by atoms with Crippen LogP contribution in [0.5, 0.6) is 0 Å². The smallest absolute Gasteiger partial charge is 0.343 e. The standard InChI is InChI=1S/C14H18FN3O3/c15-14(13(20)21)6-8-17(9-14)12(19)11-5-7-16-18(11)10-3-1-2-4-10/h5,7,10H,1-4,6,8-9H2,(H,20,21). The quantitative estimate of drug-likeness (QED) is 0.919. The molecule has 1 amide bonds. The van der Waals surface area contributed by atoms with E-state index in [1.165, 1.54) is 4.90 Å². The zero-order valence-electron chi connectivity index (χ0n) is 11.7. The average Bonchev–Trinajstić information content (AvgIpc) is 3.18. The van der Waals surface area contributed by atoms with Gasteiger partial charge < -0.3 is 10.0 Å². The van der Waals surface area contributed by atoms with E-state index in [4.69, 9.17) is 5.11 Å². The van der Waals surface area contributed by atoms with E-state index in [-0.39, 0.29) is 24.9 Å². The monoisotopic (exact) mass is 295 g/mol. The van der Waals surface area contributed by atoms with E-state index in [0.29, 0.717) is 5.69 Å². The first-order valence-corrected chi connectivity index (χ1v) is 7.26. The van der Waals surface area contributed by atoms with Crippen molar-refractivity contribution in [3.05, 3.63) is 18.0 Å². The number of rotatable bonds is 3. The number of nitrogens with zero attached hydrogens (tertiary/aromatic N) is 3. The van der Waals surface area contributed by atoms with Crippen LogP contribution < -0.4 is 0 Å². The first-order valence-electron chi connectivity index (χ1n) is 7.26. The molecule has 1 N–H and O–H groups in total. The molecule has 7 heteroatoms. The lowest BCUT2D eigenvalue weighted by atomic mass is 10.1. The number of amides is 1. The van der Waals surface area contributed by atoms with E-state index >= 15 is 0 Å². The highest BCUT2D eigenvalue weighted by molar-refractivity contribution is 5.93. The molecule has 2 aliphatic rings. The van der Waals surface area contributed by atoms with Crippen molar-refractivity contribution in [3.63, 3.8) is 0 Å². The topological polar surface area (TPSA) is 75.4 Å². The molecule has 0 aromatic carbocycles. The van der Waals surface area contributed by atoms with Gasteiger partial charge in [0.25, 0.3) is 5.91 Å². The number of likely N-dealkylation sites (tertiary alicyclic amines) is 1. The van der Waals surface area contributed by atoms with Gasteiger partial charge in [0, 0.05) is 19.2 Å². The Hall–Kier alpha value is -1.92. The van der Waals surface area contributed by atoms with E-state index in [0.717, 1.165) is 25.7 Å². The number of aliphatic carboxylic acids is 1. The summed E-state index contributed by atoms with van der Waals surface area (Å²) in [5.41, 5.74) is -1.90. The van der Waals surface area contributed by atoms with Crippen LogP contribution in [0.15, 0.2) is 12.3 Å². The number of hydrogen-bond acceptors (Lipinski definition) is 3. The molecule has 1 saturated heterocycles. The number of carboxylic acids is 1. The fraction of sp³-hybridized carbons (Fsp3) is 0.643. The minimum absolute atomic E-state index is 0.123. The van der Waals surface area contributed by atoms with E-state index < -0.39 is 18.2 Å². The third-order valence-electron chi connectivity index (χ3n) is 4.45. The number of hydrogen-bond donors (Lipinski definition) is 1. The molecule has 2 heterocycles. The minimum atomic E-state index is -2.33. The Labute approximate surface area is 121 Å². The maximum atomic E-state index is 14.1. The highest BCUT2D eigenvalue weighted by atomic mass is 19.1. The fourth-order valence-corrected chi connectivity index (χ4v) is 3.21. The van der Waals surface area contributed by atoms with Crippen LogP contribution in [0.25, 0.3) is 0 Å². The van der Waals surface area contributed by atoms with Gasteiger partial charge in [-0.3, -0.25) is 9.48 Å². The summed E-state index contributed by atoms with van der Waals surface area (Å²) < 4.78 is 15.8. The van der Waals surface area contributed by atoms with E-state index in [2.05, 4.69) is 5.10 Å². The summed E-state index contributed by atoms with van der Waals surface area (Å²) in [4.78, 5) is 24.7.